The molecule has 112 valence electrons. The fourth-order valence-corrected chi connectivity index (χ4v) is 4.28. The van der Waals surface area contributed by atoms with Gasteiger partial charge in [0.1, 0.15) is 11.2 Å². The molecule has 1 atom stereocenters. The highest BCUT2D eigenvalue weighted by Crippen LogP contribution is 2.47. The second-order valence-electron chi connectivity index (χ2n) is 7.21. The fourth-order valence-electron chi connectivity index (χ4n) is 4.04. The van der Waals surface area contributed by atoms with Crippen molar-refractivity contribution in [1.82, 2.24) is 4.98 Å². The molecule has 1 heterocycles. The van der Waals surface area contributed by atoms with Crippen LogP contribution in [0.3, 0.4) is 0 Å². The van der Waals surface area contributed by atoms with Crippen molar-refractivity contribution >= 4 is 11.6 Å². The average molecular weight is 305 g/mol. The molecule has 0 saturated heterocycles. The van der Waals surface area contributed by atoms with Crippen LogP contribution >= 0.6 is 11.6 Å². The zero-order valence-corrected chi connectivity index (χ0v) is 13.4. The van der Waals surface area contributed by atoms with E-state index in [1.165, 1.54) is 12.8 Å². The van der Waals surface area contributed by atoms with Gasteiger partial charge in [-0.15, -0.1) is 0 Å². The van der Waals surface area contributed by atoms with Crippen LogP contribution in [0.15, 0.2) is 0 Å². The van der Waals surface area contributed by atoms with Gasteiger partial charge >= 0.3 is 0 Å². The largest absolute Gasteiger partial charge is 0.388 e. The van der Waals surface area contributed by atoms with Gasteiger partial charge in [-0.05, 0) is 42.6 Å². The van der Waals surface area contributed by atoms with Crippen LogP contribution in [0.2, 0.25) is 5.15 Å². The second kappa shape index (κ2) is 5.26. The molecule has 1 aromatic heterocycles. The third kappa shape index (κ3) is 2.56. The molecule has 0 aliphatic heterocycles. The molecule has 2 aliphatic carbocycles. The quantitative estimate of drug-likeness (QED) is 0.788. The number of pyridine rings is 1. The summed E-state index contributed by atoms with van der Waals surface area (Å²) in [5, 5.41) is 20.5. The Labute approximate surface area is 131 Å². The number of nitrogens with zero attached hydrogens (tertiary/aromatic N) is 2. The molecule has 0 amide bonds. The van der Waals surface area contributed by atoms with Crippen LogP contribution in [0.25, 0.3) is 0 Å². The van der Waals surface area contributed by atoms with Gasteiger partial charge in [0.05, 0.1) is 11.7 Å². The lowest BCUT2D eigenvalue weighted by molar-refractivity contribution is 0.0968. The highest BCUT2D eigenvalue weighted by atomic mass is 35.5. The van der Waals surface area contributed by atoms with E-state index in [4.69, 9.17) is 11.6 Å². The maximum Gasteiger partial charge on any atom is 0.147 e. The molecule has 2 aliphatic rings. The normalized spacial score (nSPS) is 24.6. The van der Waals surface area contributed by atoms with E-state index in [2.05, 4.69) is 24.9 Å². The van der Waals surface area contributed by atoms with Crippen molar-refractivity contribution in [2.24, 2.45) is 5.41 Å². The van der Waals surface area contributed by atoms with Gasteiger partial charge in [-0.25, -0.2) is 4.98 Å². The van der Waals surface area contributed by atoms with Crippen LogP contribution in [0, 0.1) is 16.7 Å². The van der Waals surface area contributed by atoms with Crippen LogP contribution in [0.5, 0.6) is 0 Å². The van der Waals surface area contributed by atoms with Gasteiger partial charge < -0.3 is 5.11 Å². The second-order valence-corrected chi connectivity index (χ2v) is 7.56. The number of aliphatic hydroxyl groups is 1. The number of halogens is 1. The number of aromatic nitrogens is 1. The van der Waals surface area contributed by atoms with Gasteiger partial charge in [-0.1, -0.05) is 38.3 Å². The monoisotopic (exact) mass is 304 g/mol. The summed E-state index contributed by atoms with van der Waals surface area (Å²) in [5.41, 5.74) is 3.30. The van der Waals surface area contributed by atoms with E-state index in [-0.39, 0.29) is 5.41 Å². The molecule has 0 spiro atoms. The molecule has 0 aromatic carbocycles. The van der Waals surface area contributed by atoms with Gasteiger partial charge in [0.25, 0.3) is 0 Å². The predicted molar refractivity (Wildman–Crippen MR) is 82.2 cm³/mol. The minimum Gasteiger partial charge on any atom is -0.388 e. The molecule has 1 N–H and O–H groups in total. The average Bonchev–Trinajstić information content (AvgIpc) is 2.88. The Kier molecular flexibility index (Phi) is 3.71. The van der Waals surface area contributed by atoms with Gasteiger partial charge in [-0.2, -0.15) is 5.26 Å². The Bertz CT molecular complexity index is 612. The van der Waals surface area contributed by atoms with Crippen molar-refractivity contribution in [3.8, 4) is 6.07 Å². The molecule has 3 nitrogen and oxygen atoms in total. The van der Waals surface area contributed by atoms with Gasteiger partial charge in [-0.3, -0.25) is 0 Å². The Morgan fingerprint density at radius 1 is 1.29 bits per heavy atom. The first-order chi connectivity index (χ1) is 9.93. The third-order valence-corrected chi connectivity index (χ3v) is 5.18. The third-order valence-electron chi connectivity index (χ3n) is 4.91. The van der Waals surface area contributed by atoms with E-state index in [1.807, 2.05) is 0 Å². The minimum absolute atomic E-state index is 0.0177. The molecule has 4 heteroatoms. The molecular weight excluding hydrogens is 284 g/mol. The first-order valence-electron chi connectivity index (χ1n) is 7.73. The van der Waals surface area contributed by atoms with Crippen LogP contribution in [-0.4, -0.2) is 10.1 Å². The number of hydrogen-bond donors (Lipinski definition) is 1. The van der Waals surface area contributed by atoms with E-state index >= 15 is 0 Å². The molecule has 0 unspecified atom stereocenters. The Morgan fingerprint density at radius 2 is 1.95 bits per heavy atom. The van der Waals surface area contributed by atoms with E-state index in [9.17, 15) is 10.4 Å². The highest BCUT2D eigenvalue weighted by molar-refractivity contribution is 6.30. The Balaban J connectivity index is 2.22. The van der Waals surface area contributed by atoms with E-state index in [1.54, 1.807) is 0 Å². The van der Waals surface area contributed by atoms with Gasteiger partial charge in [0.2, 0.25) is 0 Å². The molecule has 0 radical (unpaired) electrons. The summed E-state index contributed by atoms with van der Waals surface area (Å²) in [5.74, 6) is 0.352. The molecular formula is C17H21ClN2O. The maximum atomic E-state index is 10.7. The van der Waals surface area contributed by atoms with Crippen molar-refractivity contribution in [1.29, 1.82) is 5.26 Å². The number of hydrogen-bond acceptors (Lipinski definition) is 3. The van der Waals surface area contributed by atoms with Gasteiger partial charge in [0, 0.05) is 11.3 Å². The molecule has 3 rings (SSSR count). The summed E-state index contributed by atoms with van der Waals surface area (Å²) in [6.45, 7) is 4.28. The van der Waals surface area contributed by atoms with Crippen LogP contribution in [0.4, 0.5) is 0 Å². The summed E-state index contributed by atoms with van der Waals surface area (Å²) in [6.07, 6.45) is 5.53. The minimum atomic E-state index is -0.531. The van der Waals surface area contributed by atoms with Crippen molar-refractivity contribution in [2.75, 3.05) is 0 Å². The lowest BCUT2D eigenvalue weighted by Crippen LogP contribution is -2.28. The summed E-state index contributed by atoms with van der Waals surface area (Å²) in [6, 6.07) is 2.23. The number of rotatable bonds is 1. The topological polar surface area (TPSA) is 56.9 Å². The molecule has 1 aromatic rings. The molecule has 21 heavy (non-hydrogen) atoms. The number of fused-ring (bicyclic) bond motifs is 1. The molecule has 0 bridgehead atoms. The van der Waals surface area contributed by atoms with Crippen molar-refractivity contribution in [2.45, 2.75) is 64.4 Å². The smallest absolute Gasteiger partial charge is 0.147 e. The Hall–Kier alpha value is -1.11. The van der Waals surface area contributed by atoms with Gasteiger partial charge in [0.15, 0.2) is 0 Å². The van der Waals surface area contributed by atoms with E-state index < -0.39 is 6.10 Å². The lowest BCUT2D eigenvalue weighted by atomic mass is 9.72. The zero-order chi connectivity index (χ0) is 15.2. The van der Waals surface area contributed by atoms with Crippen LogP contribution < -0.4 is 0 Å². The lowest BCUT2D eigenvalue weighted by Gasteiger charge is -2.36. The summed E-state index contributed by atoms with van der Waals surface area (Å²) < 4.78 is 0. The maximum absolute atomic E-state index is 10.7. The first-order valence-corrected chi connectivity index (χ1v) is 8.11. The SMILES string of the molecule is CC1(C)Cc2nc(Cl)c(C#N)c(C3CCCC3)c2[C@@H](O)C1. The van der Waals surface area contributed by atoms with Crippen LogP contribution in [0.1, 0.15) is 80.4 Å². The summed E-state index contributed by atoms with van der Waals surface area (Å²) >= 11 is 6.27. The Morgan fingerprint density at radius 3 is 2.57 bits per heavy atom. The number of aliphatic hydroxyl groups excluding tert-OH is 1. The predicted octanol–water partition coefficient (Wildman–Crippen LogP) is 4.27. The van der Waals surface area contributed by atoms with Crippen molar-refractivity contribution in [3.63, 3.8) is 0 Å². The van der Waals surface area contributed by atoms with Crippen molar-refractivity contribution < 1.29 is 5.11 Å². The standard InChI is InChI=1S/C17H21ClN2O/c1-17(2)7-12-15(13(21)8-17)14(10-5-3-4-6-10)11(9-19)16(18)20-12/h10,13,21H,3-8H2,1-2H3/t13-/m0/s1. The molecule has 1 saturated carbocycles. The van der Waals surface area contributed by atoms with E-state index in [0.717, 1.165) is 36.1 Å². The highest BCUT2D eigenvalue weighted by Gasteiger charge is 2.37. The first kappa shape index (κ1) is 14.8. The summed E-state index contributed by atoms with van der Waals surface area (Å²) in [4.78, 5) is 4.45. The summed E-state index contributed by atoms with van der Waals surface area (Å²) in [7, 11) is 0. The van der Waals surface area contributed by atoms with E-state index in [0.29, 0.717) is 23.1 Å². The zero-order valence-electron chi connectivity index (χ0n) is 12.6. The fraction of sp³-hybridized carbons (Fsp3) is 0.647. The number of nitriles is 1. The van der Waals surface area contributed by atoms with Crippen molar-refractivity contribution in [3.05, 3.63) is 27.5 Å². The van der Waals surface area contributed by atoms with Crippen LogP contribution in [-0.2, 0) is 6.42 Å². The molecule has 1 fully saturated rings.